The Balaban J connectivity index is 2.70. The minimum absolute atomic E-state index is 0.263. The van der Waals surface area contributed by atoms with E-state index in [-0.39, 0.29) is 6.04 Å². The van der Waals surface area contributed by atoms with Crippen LogP contribution < -0.4 is 10.1 Å². The summed E-state index contributed by atoms with van der Waals surface area (Å²) in [5.41, 5.74) is 0.987. The lowest BCUT2D eigenvalue weighted by molar-refractivity contribution is 0.398. The fourth-order valence-electron chi connectivity index (χ4n) is 1.21. The summed E-state index contributed by atoms with van der Waals surface area (Å²) < 4.78 is 5.05. The van der Waals surface area contributed by atoms with Crippen LogP contribution in [-0.4, -0.2) is 24.0 Å². The van der Waals surface area contributed by atoms with E-state index in [2.05, 4.69) is 24.1 Å². The number of pyridine rings is 1. The molecule has 0 aromatic carbocycles. The molecule has 0 radical (unpaired) electrons. The van der Waals surface area contributed by atoms with Crippen LogP contribution in [0.25, 0.3) is 0 Å². The summed E-state index contributed by atoms with van der Waals surface area (Å²) in [5.74, 6) is 1.68. The fourth-order valence-corrected chi connectivity index (χ4v) is 1.64. The minimum Gasteiger partial charge on any atom is -0.481 e. The number of ether oxygens (including phenoxy) is 1. The summed E-state index contributed by atoms with van der Waals surface area (Å²) in [7, 11) is 1.60. The van der Waals surface area contributed by atoms with Gasteiger partial charge >= 0.3 is 0 Å². The molecule has 1 aromatic rings. The molecule has 4 heteroatoms. The van der Waals surface area contributed by atoms with E-state index >= 15 is 0 Å². The van der Waals surface area contributed by atoms with Gasteiger partial charge in [0.25, 0.3) is 0 Å². The topological polar surface area (TPSA) is 34.1 Å². The van der Waals surface area contributed by atoms with Gasteiger partial charge in [0.2, 0.25) is 5.88 Å². The minimum atomic E-state index is 0.263. The second-order valence-electron chi connectivity index (χ2n) is 3.74. The van der Waals surface area contributed by atoms with Crippen molar-refractivity contribution in [3.63, 3.8) is 0 Å². The van der Waals surface area contributed by atoms with Crippen LogP contribution >= 0.6 is 11.6 Å². The standard InChI is InChI=1S/C11H17ClN2O/c1-8(2)10(7-12)14-9-4-5-13-11(6-9)15-3/h4-6,8,10H,7H2,1-3H3,(H,13,14). The molecular formula is C11H17ClN2O. The third kappa shape index (κ3) is 3.59. The zero-order valence-corrected chi connectivity index (χ0v) is 10.1. The predicted molar refractivity (Wildman–Crippen MR) is 63.8 cm³/mol. The highest BCUT2D eigenvalue weighted by atomic mass is 35.5. The summed E-state index contributed by atoms with van der Waals surface area (Å²) in [5, 5.41) is 3.35. The molecule has 84 valence electrons. The molecule has 15 heavy (non-hydrogen) atoms. The number of hydrogen-bond acceptors (Lipinski definition) is 3. The van der Waals surface area contributed by atoms with E-state index in [1.165, 1.54) is 0 Å². The van der Waals surface area contributed by atoms with E-state index in [1.54, 1.807) is 13.3 Å². The van der Waals surface area contributed by atoms with E-state index in [9.17, 15) is 0 Å². The molecule has 0 saturated carbocycles. The Labute approximate surface area is 95.8 Å². The first-order chi connectivity index (χ1) is 7.17. The number of alkyl halides is 1. The summed E-state index contributed by atoms with van der Waals surface area (Å²) in [4.78, 5) is 4.04. The molecule has 0 saturated heterocycles. The van der Waals surface area contributed by atoms with Crippen LogP contribution in [0.3, 0.4) is 0 Å². The number of halogens is 1. The SMILES string of the molecule is COc1cc(NC(CCl)C(C)C)ccn1. The van der Waals surface area contributed by atoms with Crippen LogP contribution in [-0.2, 0) is 0 Å². The van der Waals surface area contributed by atoms with Gasteiger partial charge in [-0.1, -0.05) is 13.8 Å². The van der Waals surface area contributed by atoms with E-state index < -0.39 is 0 Å². The molecule has 1 heterocycles. The van der Waals surface area contributed by atoms with E-state index in [0.717, 1.165) is 5.69 Å². The molecule has 1 aromatic heterocycles. The van der Waals surface area contributed by atoms with Gasteiger partial charge in [-0.05, 0) is 12.0 Å². The Bertz CT molecular complexity index is 304. The third-order valence-corrected chi connectivity index (χ3v) is 2.60. The average Bonchev–Trinajstić information content (AvgIpc) is 2.25. The number of nitrogens with zero attached hydrogens (tertiary/aromatic N) is 1. The number of aromatic nitrogens is 1. The van der Waals surface area contributed by atoms with Gasteiger partial charge in [-0.3, -0.25) is 0 Å². The second-order valence-corrected chi connectivity index (χ2v) is 4.04. The molecule has 1 rings (SSSR count). The number of rotatable bonds is 5. The quantitative estimate of drug-likeness (QED) is 0.787. The fraction of sp³-hybridized carbons (Fsp3) is 0.545. The highest BCUT2D eigenvalue weighted by Gasteiger charge is 2.11. The van der Waals surface area contributed by atoms with Crippen molar-refractivity contribution in [3.8, 4) is 5.88 Å². The highest BCUT2D eigenvalue weighted by molar-refractivity contribution is 6.18. The highest BCUT2D eigenvalue weighted by Crippen LogP contribution is 2.17. The molecule has 0 amide bonds. The molecule has 0 aliphatic rings. The lowest BCUT2D eigenvalue weighted by Crippen LogP contribution is -2.27. The van der Waals surface area contributed by atoms with Gasteiger partial charge in [0.15, 0.2) is 0 Å². The van der Waals surface area contributed by atoms with Crippen LogP contribution in [0, 0.1) is 5.92 Å². The molecule has 3 nitrogen and oxygen atoms in total. The molecule has 1 N–H and O–H groups in total. The van der Waals surface area contributed by atoms with Gasteiger partial charge in [-0.25, -0.2) is 4.98 Å². The number of anilines is 1. The van der Waals surface area contributed by atoms with Gasteiger partial charge in [-0.15, -0.1) is 11.6 Å². The van der Waals surface area contributed by atoms with Crippen molar-refractivity contribution >= 4 is 17.3 Å². The van der Waals surface area contributed by atoms with E-state index in [1.807, 2.05) is 12.1 Å². The Morgan fingerprint density at radius 2 is 2.27 bits per heavy atom. The van der Waals surface area contributed by atoms with Crippen LogP contribution in [0.2, 0.25) is 0 Å². The summed E-state index contributed by atoms with van der Waals surface area (Å²) >= 11 is 5.88. The zero-order valence-electron chi connectivity index (χ0n) is 9.33. The molecule has 0 spiro atoms. The maximum Gasteiger partial charge on any atom is 0.214 e. The normalized spacial score (nSPS) is 12.6. The first-order valence-corrected chi connectivity index (χ1v) is 5.53. The van der Waals surface area contributed by atoms with Crippen molar-refractivity contribution in [2.24, 2.45) is 5.92 Å². The predicted octanol–water partition coefficient (Wildman–Crippen LogP) is 2.77. The van der Waals surface area contributed by atoms with Crippen molar-refractivity contribution in [2.45, 2.75) is 19.9 Å². The Morgan fingerprint density at radius 3 is 2.80 bits per heavy atom. The number of methoxy groups -OCH3 is 1. The lowest BCUT2D eigenvalue weighted by Gasteiger charge is -2.21. The van der Waals surface area contributed by atoms with Crippen LogP contribution in [0.5, 0.6) is 5.88 Å². The number of nitrogens with one attached hydrogen (secondary N) is 1. The Hall–Kier alpha value is -0.960. The molecule has 0 fully saturated rings. The molecule has 0 aliphatic heterocycles. The smallest absolute Gasteiger partial charge is 0.214 e. The van der Waals surface area contributed by atoms with Crippen LogP contribution in [0.4, 0.5) is 5.69 Å². The monoisotopic (exact) mass is 228 g/mol. The van der Waals surface area contributed by atoms with Gasteiger partial charge in [-0.2, -0.15) is 0 Å². The van der Waals surface area contributed by atoms with Crippen LogP contribution in [0.1, 0.15) is 13.8 Å². The molecule has 0 aliphatic carbocycles. The second kappa shape index (κ2) is 5.81. The maximum atomic E-state index is 5.88. The largest absolute Gasteiger partial charge is 0.481 e. The van der Waals surface area contributed by atoms with Gasteiger partial charge < -0.3 is 10.1 Å². The third-order valence-electron chi connectivity index (χ3n) is 2.27. The van der Waals surface area contributed by atoms with Crippen LogP contribution in [0.15, 0.2) is 18.3 Å². The van der Waals surface area contributed by atoms with Crippen molar-refractivity contribution in [3.05, 3.63) is 18.3 Å². The summed E-state index contributed by atoms with van der Waals surface area (Å²) in [6.45, 7) is 4.27. The first-order valence-electron chi connectivity index (χ1n) is 5.00. The Morgan fingerprint density at radius 1 is 1.53 bits per heavy atom. The molecular weight excluding hydrogens is 212 g/mol. The summed E-state index contributed by atoms with van der Waals surface area (Å²) in [6, 6.07) is 4.03. The number of hydrogen-bond donors (Lipinski definition) is 1. The molecule has 1 atom stereocenters. The van der Waals surface area contributed by atoms with Gasteiger partial charge in [0.1, 0.15) is 0 Å². The average molecular weight is 229 g/mol. The van der Waals surface area contributed by atoms with E-state index in [4.69, 9.17) is 16.3 Å². The van der Waals surface area contributed by atoms with Gasteiger partial charge in [0.05, 0.1) is 7.11 Å². The molecule has 1 unspecified atom stereocenters. The van der Waals surface area contributed by atoms with Crippen molar-refractivity contribution in [2.75, 3.05) is 18.3 Å². The lowest BCUT2D eigenvalue weighted by atomic mass is 10.1. The van der Waals surface area contributed by atoms with Crippen molar-refractivity contribution in [1.82, 2.24) is 4.98 Å². The maximum absolute atomic E-state index is 5.88. The van der Waals surface area contributed by atoms with E-state index in [0.29, 0.717) is 17.7 Å². The molecule has 0 bridgehead atoms. The van der Waals surface area contributed by atoms with Gasteiger partial charge in [0, 0.05) is 29.9 Å². The Kier molecular flexibility index (Phi) is 4.69. The first kappa shape index (κ1) is 12.1. The van der Waals surface area contributed by atoms with Crippen molar-refractivity contribution in [1.29, 1.82) is 0 Å². The summed E-state index contributed by atoms with van der Waals surface area (Å²) in [6.07, 6.45) is 1.72. The zero-order chi connectivity index (χ0) is 11.3. The van der Waals surface area contributed by atoms with Crippen molar-refractivity contribution < 1.29 is 4.74 Å².